The van der Waals surface area contributed by atoms with E-state index < -0.39 is 6.10 Å². The summed E-state index contributed by atoms with van der Waals surface area (Å²) in [4.78, 5) is 11.6. The summed E-state index contributed by atoms with van der Waals surface area (Å²) >= 11 is 0. The van der Waals surface area contributed by atoms with Crippen molar-refractivity contribution in [2.75, 3.05) is 0 Å². The van der Waals surface area contributed by atoms with E-state index in [2.05, 4.69) is 13.0 Å². The predicted molar refractivity (Wildman–Crippen MR) is 66.2 cm³/mol. The number of Topliss-reactive ketones (excluding diaryl/α,β-unsaturated/α-hetero) is 1. The Morgan fingerprint density at radius 2 is 2.12 bits per heavy atom. The standard InChI is InChI=1S/C14H24O2/c1-3-4-5-6-7-8-9-12-11(2)13(15)10-14(12)16/h8-9,11-13,15H,3-7,10H2,1-2H3/b9-8+/t11?,12-,13+/m1/s1. The lowest BCUT2D eigenvalue weighted by molar-refractivity contribution is -0.120. The van der Waals surface area contributed by atoms with Crippen molar-refractivity contribution in [2.45, 2.75) is 58.5 Å². The Kier molecular flexibility index (Phi) is 5.75. The normalized spacial score (nSPS) is 30.4. The van der Waals surface area contributed by atoms with E-state index in [1.54, 1.807) is 0 Å². The number of aliphatic hydroxyl groups excluding tert-OH is 1. The molecule has 0 heterocycles. The number of unbranched alkanes of at least 4 members (excludes halogenated alkanes) is 4. The van der Waals surface area contributed by atoms with Crippen molar-refractivity contribution in [3.8, 4) is 0 Å². The predicted octanol–water partition coefficient (Wildman–Crippen LogP) is 3.10. The smallest absolute Gasteiger partial charge is 0.142 e. The van der Waals surface area contributed by atoms with E-state index in [1.807, 2.05) is 13.0 Å². The fourth-order valence-corrected chi connectivity index (χ4v) is 2.28. The molecule has 2 nitrogen and oxygen atoms in total. The summed E-state index contributed by atoms with van der Waals surface area (Å²) in [6.07, 6.45) is 10.1. The number of carbonyl (C=O) groups is 1. The number of rotatable bonds is 6. The zero-order chi connectivity index (χ0) is 12.0. The average Bonchev–Trinajstić information content (AvgIpc) is 2.49. The molecule has 1 N–H and O–H groups in total. The fraction of sp³-hybridized carbons (Fsp3) is 0.786. The van der Waals surface area contributed by atoms with Gasteiger partial charge in [-0.3, -0.25) is 4.79 Å². The number of hydrogen-bond acceptors (Lipinski definition) is 2. The van der Waals surface area contributed by atoms with E-state index in [4.69, 9.17) is 0 Å². The number of carbonyl (C=O) groups excluding carboxylic acids is 1. The van der Waals surface area contributed by atoms with Gasteiger partial charge in [0, 0.05) is 12.3 Å². The van der Waals surface area contributed by atoms with E-state index in [0.717, 1.165) is 6.42 Å². The highest BCUT2D eigenvalue weighted by Crippen LogP contribution is 2.29. The zero-order valence-electron chi connectivity index (χ0n) is 10.5. The van der Waals surface area contributed by atoms with Gasteiger partial charge in [-0.05, 0) is 18.8 Å². The molecule has 1 fully saturated rings. The van der Waals surface area contributed by atoms with Gasteiger partial charge in [-0.2, -0.15) is 0 Å². The van der Waals surface area contributed by atoms with Crippen LogP contribution in [0.1, 0.15) is 52.4 Å². The van der Waals surface area contributed by atoms with Crippen LogP contribution in [0.4, 0.5) is 0 Å². The lowest BCUT2D eigenvalue weighted by Crippen LogP contribution is -2.14. The van der Waals surface area contributed by atoms with Gasteiger partial charge in [0.2, 0.25) is 0 Å². The first kappa shape index (κ1) is 13.4. The maximum atomic E-state index is 11.6. The minimum absolute atomic E-state index is 0.0406. The van der Waals surface area contributed by atoms with Crippen LogP contribution in [0.2, 0.25) is 0 Å². The van der Waals surface area contributed by atoms with Crippen LogP contribution < -0.4 is 0 Å². The number of allylic oxidation sites excluding steroid dienone is 2. The first-order valence-corrected chi connectivity index (χ1v) is 6.54. The Labute approximate surface area is 98.7 Å². The second-order valence-electron chi connectivity index (χ2n) is 4.90. The summed E-state index contributed by atoms with van der Waals surface area (Å²) in [5, 5.41) is 9.56. The van der Waals surface area contributed by atoms with Gasteiger partial charge in [-0.1, -0.05) is 45.3 Å². The quantitative estimate of drug-likeness (QED) is 0.556. The average molecular weight is 224 g/mol. The number of aliphatic hydroxyl groups is 1. The SMILES string of the molecule is CCCCCC/C=C/[C@H]1C(=O)C[C@H](O)C1C. The Bertz CT molecular complexity index is 245. The molecule has 0 aromatic heterocycles. The van der Waals surface area contributed by atoms with Crippen LogP contribution in [0, 0.1) is 11.8 Å². The fourth-order valence-electron chi connectivity index (χ4n) is 2.28. The van der Waals surface area contributed by atoms with Crippen molar-refractivity contribution in [3.05, 3.63) is 12.2 Å². The van der Waals surface area contributed by atoms with E-state index >= 15 is 0 Å². The van der Waals surface area contributed by atoms with E-state index in [1.165, 1.54) is 25.7 Å². The molecule has 1 rings (SSSR count). The molecule has 1 aliphatic rings. The van der Waals surface area contributed by atoms with Gasteiger partial charge in [-0.15, -0.1) is 0 Å². The van der Waals surface area contributed by atoms with Crippen molar-refractivity contribution < 1.29 is 9.90 Å². The minimum atomic E-state index is -0.428. The molecule has 1 unspecified atom stereocenters. The molecule has 0 bridgehead atoms. The molecule has 1 saturated carbocycles. The molecule has 0 amide bonds. The van der Waals surface area contributed by atoms with Gasteiger partial charge in [-0.25, -0.2) is 0 Å². The van der Waals surface area contributed by atoms with E-state index in [-0.39, 0.29) is 17.6 Å². The third-order valence-electron chi connectivity index (χ3n) is 3.52. The molecule has 0 aromatic rings. The topological polar surface area (TPSA) is 37.3 Å². The summed E-state index contributed by atoms with van der Waals surface area (Å²) in [7, 11) is 0. The van der Waals surface area contributed by atoms with E-state index in [0.29, 0.717) is 6.42 Å². The molecule has 0 spiro atoms. The highest BCUT2D eigenvalue weighted by Gasteiger charge is 2.36. The largest absolute Gasteiger partial charge is 0.392 e. The maximum absolute atomic E-state index is 11.6. The van der Waals surface area contributed by atoms with E-state index in [9.17, 15) is 9.90 Å². The van der Waals surface area contributed by atoms with Crippen LogP contribution in [0.5, 0.6) is 0 Å². The highest BCUT2D eigenvalue weighted by atomic mass is 16.3. The molecule has 0 radical (unpaired) electrons. The number of hydrogen-bond donors (Lipinski definition) is 1. The Morgan fingerprint density at radius 3 is 2.69 bits per heavy atom. The Hall–Kier alpha value is -0.630. The van der Waals surface area contributed by atoms with Crippen LogP contribution in [0.15, 0.2) is 12.2 Å². The summed E-state index contributed by atoms with van der Waals surface area (Å²) in [5.41, 5.74) is 0. The van der Waals surface area contributed by atoms with Gasteiger partial charge >= 0.3 is 0 Å². The third-order valence-corrected chi connectivity index (χ3v) is 3.52. The second kappa shape index (κ2) is 6.85. The molecule has 92 valence electrons. The van der Waals surface area contributed by atoms with Crippen LogP contribution in [-0.4, -0.2) is 17.0 Å². The van der Waals surface area contributed by atoms with Gasteiger partial charge in [0.25, 0.3) is 0 Å². The molecule has 1 aliphatic carbocycles. The molecule has 3 atom stereocenters. The molecule has 2 heteroatoms. The van der Waals surface area contributed by atoms with Crippen LogP contribution >= 0.6 is 0 Å². The van der Waals surface area contributed by atoms with Crippen LogP contribution in [-0.2, 0) is 4.79 Å². The van der Waals surface area contributed by atoms with Crippen molar-refractivity contribution >= 4 is 5.78 Å². The molecule has 0 aromatic carbocycles. The second-order valence-corrected chi connectivity index (χ2v) is 4.90. The monoisotopic (exact) mass is 224 g/mol. The van der Waals surface area contributed by atoms with Crippen molar-refractivity contribution in [3.63, 3.8) is 0 Å². The Balaban J connectivity index is 2.25. The third kappa shape index (κ3) is 3.75. The lowest BCUT2D eigenvalue weighted by Gasteiger charge is -2.11. The van der Waals surface area contributed by atoms with Gasteiger partial charge in [0.15, 0.2) is 0 Å². The summed E-state index contributed by atoms with van der Waals surface area (Å²) in [6, 6.07) is 0. The van der Waals surface area contributed by atoms with Gasteiger partial charge in [0.05, 0.1) is 6.10 Å². The highest BCUT2D eigenvalue weighted by molar-refractivity contribution is 5.85. The van der Waals surface area contributed by atoms with Crippen molar-refractivity contribution in [2.24, 2.45) is 11.8 Å². The molecule has 16 heavy (non-hydrogen) atoms. The van der Waals surface area contributed by atoms with Crippen molar-refractivity contribution in [1.82, 2.24) is 0 Å². The van der Waals surface area contributed by atoms with Gasteiger partial charge < -0.3 is 5.11 Å². The number of ketones is 1. The summed E-state index contributed by atoms with van der Waals surface area (Å²) < 4.78 is 0. The molecular weight excluding hydrogens is 200 g/mol. The Morgan fingerprint density at radius 1 is 1.38 bits per heavy atom. The molecule has 0 aliphatic heterocycles. The molecular formula is C14H24O2. The molecule has 0 saturated heterocycles. The summed E-state index contributed by atoms with van der Waals surface area (Å²) in [5.74, 6) is 0.255. The minimum Gasteiger partial charge on any atom is -0.392 e. The zero-order valence-corrected chi connectivity index (χ0v) is 10.5. The lowest BCUT2D eigenvalue weighted by atomic mass is 9.95. The first-order chi connectivity index (χ1) is 7.66. The van der Waals surface area contributed by atoms with Crippen LogP contribution in [0.25, 0.3) is 0 Å². The van der Waals surface area contributed by atoms with Crippen molar-refractivity contribution in [1.29, 1.82) is 0 Å². The summed E-state index contributed by atoms with van der Waals surface area (Å²) in [6.45, 7) is 4.16. The maximum Gasteiger partial charge on any atom is 0.142 e. The van der Waals surface area contributed by atoms with Crippen LogP contribution in [0.3, 0.4) is 0 Å². The van der Waals surface area contributed by atoms with Gasteiger partial charge in [0.1, 0.15) is 5.78 Å². The first-order valence-electron chi connectivity index (χ1n) is 6.54.